The zero-order chi connectivity index (χ0) is 20.0. The highest BCUT2D eigenvalue weighted by Crippen LogP contribution is 2.36. The molecule has 1 aliphatic rings. The van der Waals surface area contributed by atoms with Gasteiger partial charge < -0.3 is 19.1 Å². The predicted octanol–water partition coefficient (Wildman–Crippen LogP) is 4.51. The number of aryl methyl sites for hydroxylation is 2. The quantitative estimate of drug-likeness (QED) is 0.561. The maximum atomic E-state index is 11.2. The first kappa shape index (κ1) is 17.8. The van der Waals surface area contributed by atoms with Gasteiger partial charge in [0.1, 0.15) is 11.9 Å². The number of ether oxygens (including phenoxy) is 2. The van der Waals surface area contributed by atoms with E-state index in [-0.39, 0.29) is 6.79 Å². The largest absolute Gasteiger partial charge is 0.454 e. The SMILES string of the molecule is Cc1ccc(C)c(Cn2c(C(O)c3ccc4c(c3)OCO4)nc3ccccc32)c1. The minimum absolute atomic E-state index is 0.208. The molecule has 146 valence electrons. The second-order valence-corrected chi connectivity index (χ2v) is 7.49. The summed E-state index contributed by atoms with van der Waals surface area (Å²) in [4.78, 5) is 4.77. The number of fused-ring (bicyclic) bond motifs is 2. The molecule has 0 saturated heterocycles. The van der Waals surface area contributed by atoms with Gasteiger partial charge in [0.15, 0.2) is 11.5 Å². The molecule has 3 aromatic carbocycles. The van der Waals surface area contributed by atoms with E-state index < -0.39 is 6.10 Å². The van der Waals surface area contributed by atoms with Gasteiger partial charge in [0.05, 0.1) is 11.0 Å². The van der Waals surface area contributed by atoms with E-state index in [2.05, 4.69) is 36.6 Å². The molecule has 29 heavy (non-hydrogen) atoms. The lowest BCUT2D eigenvalue weighted by atomic mass is 10.0. The Morgan fingerprint density at radius 1 is 1.00 bits per heavy atom. The van der Waals surface area contributed by atoms with Crippen molar-refractivity contribution in [1.82, 2.24) is 9.55 Å². The number of benzene rings is 3. The summed E-state index contributed by atoms with van der Waals surface area (Å²) in [7, 11) is 0. The van der Waals surface area contributed by atoms with Gasteiger partial charge in [-0.15, -0.1) is 0 Å². The van der Waals surface area contributed by atoms with Gasteiger partial charge in [0.25, 0.3) is 0 Å². The number of hydrogen-bond acceptors (Lipinski definition) is 4. The van der Waals surface area contributed by atoms with Gasteiger partial charge in [0, 0.05) is 6.54 Å². The molecule has 0 spiro atoms. The van der Waals surface area contributed by atoms with Crippen LogP contribution in [0.1, 0.15) is 34.2 Å². The van der Waals surface area contributed by atoms with Gasteiger partial charge in [-0.1, -0.05) is 42.0 Å². The van der Waals surface area contributed by atoms with Gasteiger partial charge >= 0.3 is 0 Å². The van der Waals surface area contributed by atoms with Crippen LogP contribution >= 0.6 is 0 Å². The maximum Gasteiger partial charge on any atom is 0.231 e. The van der Waals surface area contributed by atoms with Crippen LogP contribution in [0.5, 0.6) is 11.5 Å². The zero-order valence-electron chi connectivity index (χ0n) is 16.4. The predicted molar refractivity (Wildman–Crippen MR) is 111 cm³/mol. The third kappa shape index (κ3) is 3.13. The molecule has 1 aliphatic heterocycles. The summed E-state index contributed by atoms with van der Waals surface area (Å²) in [6.07, 6.45) is -0.873. The lowest BCUT2D eigenvalue weighted by Gasteiger charge is -2.16. The minimum atomic E-state index is -0.873. The molecule has 1 aromatic heterocycles. The van der Waals surface area contributed by atoms with Crippen molar-refractivity contribution in [2.75, 3.05) is 6.79 Å². The Kier molecular flexibility index (Phi) is 4.25. The number of aliphatic hydroxyl groups is 1. The molecule has 2 heterocycles. The number of rotatable bonds is 4. The Bertz CT molecular complexity index is 1210. The smallest absolute Gasteiger partial charge is 0.231 e. The summed E-state index contributed by atoms with van der Waals surface area (Å²) in [5, 5.41) is 11.2. The van der Waals surface area contributed by atoms with Gasteiger partial charge in [-0.2, -0.15) is 0 Å². The number of aromatic nitrogens is 2. The average molecular weight is 386 g/mol. The monoisotopic (exact) mass is 386 g/mol. The average Bonchev–Trinajstić information content (AvgIpc) is 3.34. The van der Waals surface area contributed by atoms with Crippen LogP contribution in [0.2, 0.25) is 0 Å². The number of aliphatic hydroxyl groups excluding tert-OH is 1. The third-order valence-corrected chi connectivity index (χ3v) is 5.47. The number of para-hydroxylation sites is 2. The van der Waals surface area contributed by atoms with Crippen molar-refractivity contribution in [2.24, 2.45) is 0 Å². The number of hydrogen-bond donors (Lipinski definition) is 1. The van der Waals surface area contributed by atoms with Crippen LogP contribution < -0.4 is 9.47 Å². The standard InChI is InChI=1S/C24H22N2O3/c1-15-7-8-16(2)18(11-15)13-26-20-6-4-3-5-19(20)25-24(26)23(27)17-9-10-21-22(12-17)29-14-28-21/h3-12,23,27H,13-14H2,1-2H3. The van der Waals surface area contributed by atoms with Crippen LogP contribution in [0, 0.1) is 13.8 Å². The molecular formula is C24H22N2O3. The van der Waals surface area contributed by atoms with Crippen molar-refractivity contribution in [3.05, 3.63) is 88.7 Å². The molecular weight excluding hydrogens is 364 g/mol. The lowest BCUT2D eigenvalue weighted by Crippen LogP contribution is -2.12. The Hall–Kier alpha value is -3.31. The highest BCUT2D eigenvalue weighted by atomic mass is 16.7. The van der Waals surface area contributed by atoms with Gasteiger partial charge in [-0.25, -0.2) is 4.98 Å². The second kappa shape index (κ2) is 6.94. The maximum absolute atomic E-state index is 11.2. The van der Waals surface area contributed by atoms with Crippen LogP contribution in [0.25, 0.3) is 11.0 Å². The normalized spacial score (nSPS) is 13.8. The van der Waals surface area contributed by atoms with Crippen molar-refractivity contribution in [1.29, 1.82) is 0 Å². The molecule has 1 N–H and O–H groups in total. The van der Waals surface area contributed by atoms with Crippen LogP contribution in [-0.2, 0) is 6.54 Å². The fourth-order valence-corrected chi connectivity index (χ4v) is 3.84. The molecule has 0 amide bonds. The van der Waals surface area contributed by atoms with E-state index in [1.54, 1.807) is 0 Å². The molecule has 5 rings (SSSR count). The molecule has 5 heteroatoms. The van der Waals surface area contributed by atoms with E-state index in [0.717, 1.165) is 16.6 Å². The van der Waals surface area contributed by atoms with E-state index in [1.165, 1.54) is 16.7 Å². The van der Waals surface area contributed by atoms with Crippen LogP contribution in [-0.4, -0.2) is 21.5 Å². The molecule has 0 bridgehead atoms. The Balaban J connectivity index is 1.62. The Morgan fingerprint density at radius 2 is 1.83 bits per heavy atom. The molecule has 0 saturated carbocycles. The topological polar surface area (TPSA) is 56.5 Å². The fraction of sp³-hybridized carbons (Fsp3) is 0.208. The van der Waals surface area contributed by atoms with E-state index in [9.17, 15) is 5.11 Å². The van der Waals surface area contributed by atoms with E-state index in [1.807, 2.05) is 42.5 Å². The van der Waals surface area contributed by atoms with E-state index in [4.69, 9.17) is 14.5 Å². The number of nitrogens with zero attached hydrogens (tertiary/aromatic N) is 2. The first-order valence-corrected chi connectivity index (χ1v) is 9.69. The van der Waals surface area contributed by atoms with E-state index >= 15 is 0 Å². The minimum Gasteiger partial charge on any atom is -0.454 e. The summed E-state index contributed by atoms with van der Waals surface area (Å²) in [5.41, 5.74) is 6.25. The van der Waals surface area contributed by atoms with Crippen molar-refractivity contribution in [3.8, 4) is 11.5 Å². The van der Waals surface area contributed by atoms with Crippen molar-refractivity contribution in [2.45, 2.75) is 26.5 Å². The van der Waals surface area contributed by atoms with Gasteiger partial charge in [0.2, 0.25) is 6.79 Å². The zero-order valence-corrected chi connectivity index (χ0v) is 16.4. The van der Waals surface area contributed by atoms with Crippen LogP contribution in [0.4, 0.5) is 0 Å². The first-order valence-electron chi connectivity index (χ1n) is 9.69. The summed E-state index contributed by atoms with van der Waals surface area (Å²) >= 11 is 0. The summed E-state index contributed by atoms with van der Waals surface area (Å²) in [5.74, 6) is 1.97. The molecule has 4 aromatic rings. The van der Waals surface area contributed by atoms with E-state index in [0.29, 0.717) is 23.9 Å². The lowest BCUT2D eigenvalue weighted by molar-refractivity contribution is 0.173. The molecule has 1 unspecified atom stereocenters. The molecule has 5 nitrogen and oxygen atoms in total. The van der Waals surface area contributed by atoms with Gasteiger partial charge in [-0.3, -0.25) is 0 Å². The summed E-state index contributed by atoms with van der Waals surface area (Å²) < 4.78 is 13.0. The fourth-order valence-electron chi connectivity index (χ4n) is 3.84. The van der Waals surface area contributed by atoms with Crippen molar-refractivity contribution in [3.63, 3.8) is 0 Å². The van der Waals surface area contributed by atoms with Crippen LogP contribution in [0.15, 0.2) is 60.7 Å². The highest BCUT2D eigenvalue weighted by Gasteiger charge is 2.23. The number of imidazole rings is 1. The Morgan fingerprint density at radius 3 is 2.72 bits per heavy atom. The molecule has 0 fully saturated rings. The first-order chi connectivity index (χ1) is 14.1. The summed E-state index contributed by atoms with van der Waals surface area (Å²) in [6.45, 7) is 5.06. The van der Waals surface area contributed by atoms with Gasteiger partial charge in [-0.05, 0) is 54.8 Å². The Labute approximate surface area is 169 Å². The second-order valence-electron chi connectivity index (χ2n) is 7.49. The van der Waals surface area contributed by atoms with Crippen molar-refractivity contribution >= 4 is 11.0 Å². The molecule has 0 aliphatic carbocycles. The third-order valence-electron chi connectivity index (χ3n) is 5.47. The summed E-state index contributed by atoms with van der Waals surface area (Å²) in [6, 6.07) is 20.0. The molecule has 0 radical (unpaired) electrons. The van der Waals surface area contributed by atoms with Crippen molar-refractivity contribution < 1.29 is 14.6 Å². The molecule has 1 atom stereocenters. The highest BCUT2D eigenvalue weighted by molar-refractivity contribution is 5.76. The van der Waals surface area contributed by atoms with Crippen LogP contribution in [0.3, 0.4) is 0 Å².